The number of amides is 1. The van der Waals surface area contributed by atoms with Crippen molar-refractivity contribution in [2.45, 2.75) is 52.6 Å². The SMILES string of the molecule is COc1ccc(Cn2cc(-c3nc(NC(=O)OC(C)(C)C)sc3C(C)O)c(CO)n2)cc1. The van der Waals surface area contributed by atoms with E-state index in [9.17, 15) is 15.0 Å². The standard InChI is InChI=1S/C22H28N4O5S/c1-13(28)19-18(23-20(32-19)24-21(29)31-22(2,3)4)16-11-26(25-17(16)12-27)10-14-6-8-15(30-5)9-7-14/h6-9,11,13,27-28H,10,12H2,1-5H3,(H,23,24,29). The van der Waals surface area contributed by atoms with Gasteiger partial charge in [0.05, 0.1) is 42.6 Å². The first kappa shape index (κ1) is 23.7. The lowest BCUT2D eigenvalue weighted by molar-refractivity contribution is 0.0636. The van der Waals surface area contributed by atoms with Crippen molar-refractivity contribution in [3.8, 4) is 17.0 Å². The van der Waals surface area contributed by atoms with Crippen molar-refractivity contribution in [2.75, 3.05) is 12.4 Å². The molecular weight excluding hydrogens is 432 g/mol. The van der Waals surface area contributed by atoms with Crippen molar-refractivity contribution in [3.05, 3.63) is 46.6 Å². The van der Waals surface area contributed by atoms with E-state index in [2.05, 4.69) is 15.4 Å². The number of rotatable bonds is 7. The van der Waals surface area contributed by atoms with Crippen molar-refractivity contribution in [1.82, 2.24) is 14.8 Å². The van der Waals surface area contributed by atoms with E-state index in [-0.39, 0.29) is 11.7 Å². The molecule has 0 aliphatic heterocycles. The molecule has 1 amide bonds. The van der Waals surface area contributed by atoms with Crippen molar-refractivity contribution in [1.29, 1.82) is 0 Å². The second kappa shape index (κ2) is 9.68. The van der Waals surface area contributed by atoms with Crippen LogP contribution >= 0.6 is 11.3 Å². The minimum absolute atomic E-state index is 0.289. The zero-order valence-corrected chi connectivity index (χ0v) is 19.6. The number of aromatic nitrogens is 3. The molecule has 0 bridgehead atoms. The van der Waals surface area contributed by atoms with Crippen LogP contribution in [0.2, 0.25) is 0 Å². The Labute approximate surface area is 190 Å². The Hall–Kier alpha value is -2.95. The van der Waals surface area contributed by atoms with Gasteiger partial charge in [-0.3, -0.25) is 10.00 Å². The van der Waals surface area contributed by atoms with E-state index in [1.54, 1.807) is 45.7 Å². The summed E-state index contributed by atoms with van der Waals surface area (Å²) in [6.45, 7) is 7.11. The van der Waals surface area contributed by atoms with Gasteiger partial charge in [0.1, 0.15) is 11.4 Å². The van der Waals surface area contributed by atoms with E-state index in [0.29, 0.717) is 28.4 Å². The van der Waals surface area contributed by atoms with Gasteiger partial charge in [0.2, 0.25) is 0 Å². The highest BCUT2D eigenvalue weighted by atomic mass is 32.1. The Morgan fingerprint density at radius 3 is 2.53 bits per heavy atom. The lowest BCUT2D eigenvalue weighted by atomic mass is 10.1. The van der Waals surface area contributed by atoms with Gasteiger partial charge in [-0.15, -0.1) is 0 Å². The van der Waals surface area contributed by atoms with E-state index >= 15 is 0 Å². The number of aliphatic hydroxyl groups is 2. The van der Waals surface area contributed by atoms with Gasteiger partial charge in [-0.2, -0.15) is 5.10 Å². The summed E-state index contributed by atoms with van der Waals surface area (Å²) in [6, 6.07) is 7.61. The first-order valence-corrected chi connectivity index (χ1v) is 10.9. The Morgan fingerprint density at radius 1 is 1.28 bits per heavy atom. The average molecular weight is 461 g/mol. The summed E-state index contributed by atoms with van der Waals surface area (Å²) in [5.41, 5.74) is 1.83. The highest BCUT2D eigenvalue weighted by molar-refractivity contribution is 7.16. The number of thiazole rings is 1. The van der Waals surface area contributed by atoms with E-state index in [1.807, 2.05) is 24.3 Å². The number of nitrogens with zero attached hydrogens (tertiary/aromatic N) is 3. The van der Waals surface area contributed by atoms with Gasteiger partial charge in [0.15, 0.2) is 5.13 Å². The van der Waals surface area contributed by atoms with Gasteiger partial charge >= 0.3 is 6.09 Å². The quantitative estimate of drug-likeness (QED) is 0.488. The number of hydrogen-bond donors (Lipinski definition) is 3. The minimum Gasteiger partial charge on any atom is -0.497 e. The predicted molar refractivity (Wildman–Crippen MR) is 122 cm³/mol. The molecule has 0 spiro atoms. The zero-order chi connectivity index (χ0) is 23.5. The molecule has 2 heterocycles. The molecule has 0 saturated heterocycles. The Balaban J connectivity index is 1.90. The highest BCUT2D eigenvalue weighted by Gasteiger charge is 2.24. The molecule has 9 nitrogen and oxygen atoms in total. The van der Waals surface area contributed by atoms with Crippen LogP contribution in [-0.2, 0) is 17.9 Å². The first-order chi connectivity index (χ1) is 15.1. The Morgan fingerprint density at radius 2 is 1.97 bits per heavy atom. The minimum atomic E-state index is -0.826. The molecule has 0 radical (unpaired) electrons. The molecule has 0 aliphatic rings. The second-order valence-electron chi connectivity index (χ2n) is 8.23. The van der Waals surface area contributed by atoms with Gasteiger partial charge in [-0.1, -0.05) is 23.5 Å². The summed E-state index contributed by atoms with van der Waals surface area (Å²) >= 11 is 1.15. The number of aliphatic hydroxyl groups excluding tert-OH is 2. The van der Waals surface area contributed by atoms with Gasteiger partial charge in [-0.05, 0) is 45.4 Å². The number of anilines is 1. The summed E-state index contributed by atoms with van der Waals surface area (Å²) in [5.74, 6) is 0.764. The fourth-order valence-corrected chi connectivity index (χ4v) is 3.93. The van der Waals surface area contributed by atoms with Gasteiger partial charge in [-0.25, -0.2) is 9.78 Å². The predicted octanol–water partition coefficient (Wildman–Crippen LogP) is 3.96. The van der Waals surface area contributed by atoms with Crippen LogP contribution in [0.25, 0.3) is 11.3 Å². The maximum Gasteiger partial charge on any atom is 0.413 e. The summed E-state index contributed by atoms with van der Waals surface area (Å²) in [5, 5.41) is 27.5. The average Bonchev–Trinajstić information content (AvgIpc) is 3.30. The lowest BCUT2D eigenvalue weighted by Gasteiger charge is -2.18. The van der Waals surface area contributed by atoms with Crippen molar-refractivity contribution in [2.24, 2.45) is 0 Å². The molecular formula is C22H28N4O5S. The summed E-state index contributed by atoms with van der Waals surface area (Å²) in [7, 11) is 1.61. The van der Waals surface area contributed by atoms with E-state index < -0.39 is 17.8 Å². The molecule has 1 unspecified atom stereocenters. The molecule has 10 heteroatoms. The Bertz CT molecular complexity index is 1070. The van der Waals surface area contributed by atoms with Crippen LogP contribution in [0.15, 0.2) is 30.5 Å². The van der Waals surface area contributed by atoms with Crippen LogP contribution in [0.1, 0.15) is 49.9 Å². The van der Waals surface area contributed by atoms with Crippen LogP contribution in [0.4, 0.5) is 9.93 Å². The zero-order valence-electron chi connectivity index (χ0n) is 18.7. The monoisotopic (exact) mass is 460 g/mol. The lowest BCUT2D eigenvalue weighted by Crippen LogP contribution is -2.27. The van der Waals surface area contributed by atoms with E-state index in [0.717, 1.165) is 22.6 Å². The molecule has 1 atom stereocenters. The summed E-state index contributed by atoms with van der Waals surface area (Å²) < 4.78 is 12.2. The number of methoxy groups -OCH3 is 1. The molecule has 172 valence electrons. The molecule has 32 heavy (non-hydrogen) atoms. The molecule has 3 aromatic rings. The van der Waals surface area contributed by atoms with Crippen molar-refractivity contribution < 1.29 is 24.5 Å². The molecule has 0 saturated carbocycles. The van der Waals surface area contributed by atoms with Crippen LogP contribution in [0.3, 0.4) is 0 Å². The van der Waals surface area contributed by atoms with Crippen LogP contribution < -0.4 is 10.1 Å². The maximum absolute atomic E-state index is 12.1. The molecule has 2 aromatic heterocycles. The van der Waals surface area contributed by atoms with Crippen LogP contribution in [0.5, 0.6) is 5.75 Å². The fourth-order valence-electron chi connectivity index (χ4n) is 3.03. The van der Waals surface area contributed by atoms with Gasteiger partial charge < -0.3 is 19.7 Å². The van der Waals surface area contributed by atoms with Gasteiger partial charge in [0.25, 0.3) is 0 Å². The third-order valence-electron chi connectivity index (χ3n) is 4.39. The van der Waals surface area contributed by atoms with Crippen LogP contribution in [-0.4, -0.2) is 43.8 Å². The van der Waals surface area contributed by atoms with Gasteiger partial charge in [0, 0.05) is 11.8 Å². The first-order valence-electron chi connectivity index (χ1n) is 10.1. The third kappa shape index (κ3) is 5.84. The number of carbonyl (C=O) groups is 1. The normalized spacial score (nSPS) is 12.5. The molecule has 3 rings (SSSR count). The largest absolute Gasteiger partial charge is 0.497 e. The van der Waals surface area contributed by atoms with E-state index in [4.69, 9.17) is 9.47 Å². The van der Waals surface area contributed by atoms with Crippen molar-refractivity contribution in [3.63, 3.8) is 0 Å². The number of benzene rings is 1. The third-order valence-corrected chi connectivity index (χ3v) is 5.53. The fraction of sp³-hybridized carbons (Fsp3) is 0.409. The Kier molecular flexibility index (Phi) is 7.17. The maximum atomic E-state index is 12.1. The van der Waals surface area contributed by atoms with Crippen LogP contribution in [0, 0.1) is 0 Å². The molecule has 3 N–H and O–H groups in total. The molecule has 0 fully saturated rings. The molecule has 1 aromatic carbocycles. The number of ether oxygens (including phenoxy) is 2. The number of hydrogen-bond acceptors (Lipinski definition) is 8. The highest BCUT2D eigenvalue weighted by Crippen LogP contribution is 2.37. The smallest absolute Gasteiger partial charge is 0.413 e. The van der Waals surface area contributed by atoms with Crippen molar-refractivity contribution >= 4 is 22.6 Å². The number of nitrogens with one attached hydrogen (secondary N) is 1. The second-order valence-corrected chi connectivity index (χ2v) is 9.26. The van der Waals surface area contributed by atoms with E-state index in [1.165, 1.54) is 0 Å². The summed E-state index contributed by atoms with van der Waals surface area (Å²) in [6.07, 6.45) is 0.314. The summed E-state index contributed by atoms with van der Waals surface area (Å²) in [4.78, 5) is 17.2. The number of carbonyl (C=O) groups excluding carboxylic acids is 1. The topological polar surface area (TPSA) is 119 Å². The molecule has 0 aliphatic carbocycles.